The van der Waals surface area contributed by atoms with E-state index < -0.39 is 0 Å². The van der Waals surface area contributed by atoms with E-state index in [4.69, 9.17) is 0 Å². The molecule has 2 nitrogen and oxygen atoms in total. The summed E-state index contributed by atoms with van der Waals surface area (Å²) < 4.78 is 13.7. The standard InChI is InChI=1S/C25H32FNO/c1-15-12-16(14-27-23(15)26)20-6-7-21-19-5-4-17-13-18(28)8-10-24(17,2)22(19)9-11-25(20,21)3/h4,6,12,14,18-19,21-22,28H,5,7-11,13H2,1-3H3. The first-order valence-electron chi connectivity index (χ1n) is 11.0. The van der Waals surface area contributed by atoms with Gasteiger partial charge in [-0.25, -0.2) is 4.98 Å². The van der Waals surface area contributed by atoms with Gasteiger partial charge in [0.05, 0.1) is 6.10 Å². The number of nitrogens with zero attached hydrogens (tertiary/aromatic N) is 1. The van der Waals surface area contributed by atoms with Crippen LogP contribution in [0.25, 0.3) is 5.57 Å². The van der Waals surface area contributed by atoms with Crippen LogP contribution in [0.5, 0.6) is 0 Å². The molecular weight excluding hydrogens is 349 g/mol. The zero-order valence-electron chi connectivity index (χ0n) is 17.3. The Balaban J connectivity index is 1.47. The summed E-state index contributed by atoms with van der Waals surface area (Å²) >= 11 is 0. The molecule has 1 heterocycles. The Kier molecular flexibility index (Phi) is 4.14. The highest BCUT2D eigenvalue weighted by molar-refractivity contribution is 5.72. The lowest BCUT2D eigenvalue weighted by Crippen LogP contribution is -2.49. The molecule has 1 aromatic rings. The van der Waals surface area contributed by atoms with Gasteiger partial charge in [0, 0.05) is 11.8 Å². The number of hydrogen-bond acceptors (Lipinski definition) is 2. The number of pyridine rings is 1. The Labute approximate surface area is 168 Å². The Bertz CT molecular complexity index is 873. The first-order valence-corrected chi connectivity index (χ1v) is 11.0. The average Bonchev–Trinajstić information content (AvgIpc) is 3.02. The Morgan fingerprint density at radius 2 is 1.86 bits per heavy atom. The van der Waals surface area contributed by atoms with Crippen molar-refractivity contribution < 1.29 is 9.50 Å². The van der Waals surface area contributed by atoms with Crippen molar-refractivity contribution in [3.05, 3.63) is 47.1 Å². The fourth-order valence-electron chi connectivity index (χ4n) is 7.36. The van der Waals surface area contributed by atoms with Gasteiger partial charge in [-0.15, -0.1) is 0 Å². The number of halogens is 1. The fourth-order valence-corrected chi connectivity index (χ4v) is 7.36. The molecule has 28 heavy (non-hydrogen) atoms. The van der Waals surface area contributed by atoms with Crippen molar-refractivity contribution in [3.63, 3.8) is 0 Å². The maximum absolute atomic E-state index is 13.7. The van der Waals surface area contributed by atoms with Gasteiger partial charge in [0.25, 0.3) is 0 Å². The summed E-state index contributed by atoms with van der Waals surface area (Å²) in [5.41, 5.74) is 5.12. The van der Waals surface area contributed by atoms with Crippen LogP contribution in [-0.2, 0) is 0 Å². The van der Waals surface area contributed by atoms with Gasteiger partial charge in [0.15, 0.2) is 0 Å². The molecule has 4 aliphatic carbocycles. The Morgan fingerprint density at radius 1 is 1.07 bits per heavy atom. The van der Waals surface area contributed by atoms with E-state index in [9.17, 15) is 9.50 Å². The van der Waals surface area contributed by atoms with E-state index in [0.717, 1.165) is 43.6 Å². The Morgan fingerprint density at radius 3 is 2.64 bits per heavy atom. The second kappa shape index (κ2) is 6.26. The third kappa shape index (κ3) is 2.51. The van der Waals surface area contributed by atoms with Gasteiger partial charge in [0.2, 0.25) is 5.95 Å². The lowest BCUT2D eigenvalue weighted by Gasteiger charge is -2.57. The summed E-state index contributed by atoms with van der Waals surface area (Å²) in [5, 5.41) is 10.2. The van der Waals surface area contributed by atoms with Crippen molar-refractivity contribution in [2.45, 2.75) is 71.8 Å². The first kappa shape index (κ1) is 18.5. The van der Waals surface area contributed by atoms with Crippen molar-refractivity contribution in [1.82, 2.24) is 4.98 Å². The number of aliphatic hydroxyl groups excluding tert-OH is 1. The average molecular weight is 382 g/mol. The summed E-state index contributed by atoms with van der Waals surface area (Å²) in [7, 11) is 0. The summed E-state index contributed by atoms with van der Waals surface area (Å²) in [6.45, 7) is 6.72. The van der Waals surface area contributed by atoms with Crippen molar-refractivity contribution in [3.8, 4) is 0 Å². The molecule has 0 aromatic carbocycles. The van der Waals surface area contributed by atoms with E-state index in [2.05, 4.69) is 31.0 Å². The van der Waals surface area contributed by atoms with Crippen LogP contribution in [0.3, 0.4) is 0 Å². The second-order valence-corrected chi connectivity index (χ2v) is 10.3. The minimum absolute atomic E-state index is 0.140. The van der Waals surface area contributed by atoms with Crippen LogP contribution < -0.4 is 0 Å². The van der Waals surface area contributed by atoms with E-state index in [1.54, 1.807) is 6.20 Å². The molecule has 1 N–H and O–H groups in total. The number of hydrogen-bond donors (Lipinski definition) is 1. The van der Waals surface area contributed by atoms with Gasteiger partial charge in [-0.1, -0.05) is 31.6 Å². The van der Waals surface area contributed by atoms with Gasteiger partial charge >= 0.3 is 0 Å². The summed E-state index contributed by atoms with van der Waals surface area (Å²) in [5.74, 6) is 1.75. The summed E-state index contributed by atoms with van der Waals surface area (Å²) in [6, 6.07) is 1.98. The highest BCUT2D eigenvalue weighted by Crippen LogP contribution is 2.66. The van der Waals surface area contributed by atoms with Crippen LogP contribution in [0.4, 0.5) is 4.39 Å². The third-order valence-corrected chi connectivity index (χ3v) is 8.98. The predicted molar refractivity (Wildman–Crippen MR) is 110 cm³/mol. The van der Waals surface area contributed by atoms with Crippen LogP contribution in [0, 0.1) is 41.5 Å². The van der Waals surface area contributed by atoms with E-state index in [-0.39, 0.29) is 22.9 Å². The molecule has 0 aliphatic heterocycles. The van der Waals surface area contributed by atoms with Gasteiger partial charge in [-0.3, -0.25) is 0 Å². The molecule has 0 spiro atoms. The van der Waals surface area contributed by atoms with Crippen molar-refractivity contribution >= 4 is 5.57 Å². The molecule has 5 rings (SSSR count). The fraction of sp³-hybridized carbons (Fsp3) is 0.640. The zero-order valence-corrected chi connectivity index (χ0v) is 17.3. The predicted octanol–water partition coefficient (Wildman–Crippen LogP) is 5.85. The third-order valence-electron chi connectivity index (χ3n) is 8.98. The second-order valence-electron chi connectivity index (χ2n) is 10.3. The van der Waals surface area contributed by atoms with Crippen molar-refractivity contribution in [2.75, 3.05) is 0 Å². The van der Waals surface area contributed by atoms with Crippen LogP contribution in [0.15, 0.2) is 30.0 Å². The summed E-state index contributed by atoms with van der Waals surface area (Å²) in [4.78, 5) is 4.00. The summed E-state index contributed by atoms with van der Waals surface area (Å²) in [6.07, 6.45) is 14.2. The lowest BCUT2D eigenvalue weighted by atomic mass is 9.47. The molecule has 3 heteroatoms. The number of fused-ring (bicyclic) bond motifs is 5. The molecular formula is C25H32FNO. The van der Waals surface area contributed by atoms with E-state index >= 15 is 0 Å². The van der Waals surface area contributed by atoms with Crippen LogP contribution in [0.2, 0.25) is 0 Å². The van der Waals surface area contributed by atoms with Gasteiger partial charge in [0.1, 0.15) is 0 Å². The van der Waals surface area contributed by atoms with Gasteiger partial charge < -0.3 is 5.11 Å². The molecule has 1 aromatic heterocycles. The SMILES string of the molecule is Cc1cc(C2=CCC3C4CC=C5CC(O)CCC5(C)C4CCC23C)cnc1F. The lowest BCUT2D eigenvalue weighted by molar-refractivity contribution is -0.0238. The van der Waals surface area contributed by atoms with E-state index in [0.29, 0.717) is 17.4 Å². The van der Waals surface area contributed by atoms with Crippen LogP contribution >= 0.6 is 0 Å². The quantitative estimate of drug-likeness (QED) is 0.489. The van der Waals surface area contributed by atoms with E-state index in [1.807, 2.05) is 13.0 Å². The minimum atomic E-state index is -0.356. The van der Waals surface area contributed by atoms with Gasteiger partial charge in [-0.2, -0.15) is 4.39 Å². The maximum Gasteiger partial charge on any atom is 0.215 e. The number of allylic oxidation sites excluding steroid dienone is 3. The highest BCUT2D eigenvalue weighted by Gasteiger charge is 2.56. The topological polar surface area (TPSA) is 33.1 Å². The number of rotatable bonds is 1. The zero-order chi connectivity index (χ0) is 19.7. The monoisotopic (exact) mass is 381 g/mol. The number of aromatic nitrogens is 1. The van der Waals surface area contributed by atoms with Crippen molar-refractivity contribution in [2.24, 2.45) is 28.6 Å². The van der Waals surface area contributed by atoms with E-state index in [1.165, 1.54) is 24.0 Å². The first-order chi connectivity index (χ1) is 13.3. The molecule has 4 aliphatic rings. The molecule has 2 fully saturated rings. The maximum atomic E-state index is 13.7. The van der Waals surface area contributed by atoms with Crippen molar-refractivity contribution in [1.29, 1.82) is 0 Å². The molecule has 0 amide bonds. The molecule has 6 unspecified atom stereocenters. The smallest absolute Gasteiger partial charge is 0.215 e. The molecule has 150 valence electrons. The Hall–Kier alpha value is -1.48. The minimum Gasteiger partial charge on any atom is -0.393 e. The molecule has 2 saturated carbocycles. The molecule has 0 radical (unpaired) electrons. The highest BCUT2D eigenvalue weighted by atomic mass is 19.1. The van der Waals surface area contributed by atoms with Crippen LogP contribution in [0.1, 0.15) is 69.9 Å². The van der Waals surface area contributed by atoms with Crippen LogP contribution in [-0.4, -0.2) is 16.2 Å². The largest absolute Gasteiger partial charge is 0.393 e. The number of aliphatic hydroxyl groups is 1. The number of aryl methyl sites for hydroxylation is 1. The molecule has 0 saturated heterocycles. The normalized spacial score (nSPS) is 42.2. The molecule has 6 atom stereocenters. The molecule has 0 bridgehead atoms. The van der Waals surface area contributed by atoms with Gasteiger partial charge in [-0.05, 0) is 97.7 Å².